The molecule has 1 aliphatic carbocycles. The first-order valence-electron chi connectivity index (χ1n) is 15.9. The average Bonchev–Trinajstić information content (AvgIpc) is 3.62. The molecule has 4 heterocycles. The molecule has 1 amide bonds. The molecule has 44 heavy (non-hydrogen) atoms. The van der Waals surface area contributed by atoms with Crippen LogP contribution in [0.2, 0.25) is 0 Å². The van der Waals surface area contributed by atoms with Crippen LogP contribution in [0.5, 0.6) is 0 Å². The number of hydrogen-bond acceptors (Lipinski definition) is 7. The van der Waals surface area contributed by atoms with Crippen LogP contribution < -0.4 is 20.7 Å². The van der Waals surface area contributed by atoms with Crippen molar-refractivity contribution in [3.63, 3.8) is 0 Å². The number of pyridine rings is 1. The Morgan fingerprint density at radius 2 is 1.80 bits per heavy atom. The van der Waals surface area contributed by atoms with Crippen LogP contribution in [-0.2, 0) is 6.54 Å². The number of aryl methyl sites for hydroxylation is 2. The number of allylic oxidation sites excluding steroid dienone is 1. The number of carbonyl (C=O) groups excluding carboxylic acids is 1. The summed E-state index contributed by atoms with van der Waals surface area (Å²) in [5.74, 6) is 0.614. The van der Waals surface area contributed by atoms with E-state index >= 15 is 0 Å². The Balaban J connectivity index is 1.16. The number of carbonyl (C=O) groups is 1. The zero-order chi connectivity index (χ0) is 30.2. The Hall–Kier alpha value is -4.53. The number of likely N-dealkylation sites (tertiary alicyclic amines) is 1. The quantitative estimate of drug-likeness (QED) is 0.265. The third-order valence-electron chi connectivity index (χ3n) is 9.27. The van der Waals surface area contributed by atoms with Crippen LogP contribution in [0.1, 0.15) is 60.0 Å². The molecule has 7 rings (SSSR count). The van der Waals surface area contributed by atoms with Gasteiger partial charge in [-0.05, 0) is 74.2 Å². The highest BCUT2D eigenvalue weighted by molar-refractivity contribution is 6.06. The van der Waals surface area contributed by atoms with E-state index in [0.717, 1.165) is 82.4 Å². The molecule has 4 aromatic rings. The maximum Gasteiger partial charge on any atom is 0.277 e. The molecule has 0 spiro atoms. The summed E-state index contributed by atoms with van der Waals surface area (Å²) < 4.78 is 7.38. The normalized spacial score (nSPS) is 17.1. The highest BCUT2D eigenvalue weighted by Gasteiger charge is 2.30. The van der Waals surface area contributed by atoms with E-state index in [0.29, 0.717) is 29.4 Å². The van der Waals surface area contributed by atoms with E-state index in [2.05, 4.69) is 62.8 Å². The van der Waals surface area contributed by atoms with Gasteiger partial charge in [0.2, 0.25) is 0 Å². The number of nitrogens with zero attached hydrogens (tertiary/aromatic N) is 5. The van der Waals surface area contributed by atoms with Crippen molar-refractivity contribution in [2.24, 2.45) is 0 Å². The summed E-state index contributed by atoms with van der Waals surface area (Å²) in [5.41, 5.74) is 5.45. The molecule has 3 aliphatic rings. The molecule has 2 saturated heterocycles. The van der Waals surface area contributed by atoms with Gasteiger partial charge in [0.1, 0.15) is 6.26 Å². The maximum atomic E-state index is 13.7. The monoisotopic (exact) mass is 592 g/mol. The number of benzene rings is 2. The summed E-state index contributed by atoms with van der Waals surface area (Å²) in [6, 6.07) is 14.4. The van der Waals surface area contributed by atoms with Crippen molar-refractivity contribution in [3.05, 3.63) is 94.7 Å². The van der Waals surface area contributed by atoms with Crippen LogP contribution in [0, 0.1) is 6.92 Å². The smallest absolute Gasteiger partial charge is 0.277 e. The van der Waals surface area contributed by atoms with E-state index in [1.165, 1.54) is 23.2 Å². The van der Waals surface area contributed by atoms with Gasteiger partial charge in [0.15, 0.2) is 11.6 Å². The Kier molecular flexibility index (Phi) is 7.62. The number of para-hydroxylation sites is 1. The SMILES string of the molecule is C=C1CCCN1CCCn1ccc2cc(N3CCN(c4ccccc4C)CC3)c(NC(=O)c3coc(C4CC4)n3)cc2c1=O. The lowest BCUT2D eigenvalue weighted by molar-refractivity contribution is 0.102. The van der Waals surface area contributed by atoms with Gasteiger partial charge in [0.05, 0.1) is 11.4 Å². The molecular formula is C35H40N6O3. The number of piperazine rings is 1. The molecule has 3 fully saturated rings. The molecule has 9 nitrogen and oxygen atoms in total. The van der Waals surface area contributed by atoms with Crippen LogP contribution in [-0.4, -0.2) is 59.6 Å². The predicted molar refractivity (Wildman–Crippen MR) is 175 cm³/mol. The number of amides is 1. The first-order valence-corrected chi connectivity index (χ1v) is 15.9. The van der Waals surface area contributed by atoms with Crippen molar-refractivity contribution < 1.29 is 9.21 Å². The van der Waals surface area contributed by atoms with Crippen molar-refractivity contribution in [2.75, 3.05) is 54.4 Å². The van der Waals surface area contributed by atoms with Crippen LogP contribution in [0.25, 0.3) is 10.8 Å². The van der Waals surface area contributed by atoms with Gasteiger partial charge in [-0.1, -0.05) is 24.8 Å². The van der Waals surface area contributed by atoms with E-state index in [-0.39, 0.29) is 17.2 Å². The zero-order valence-electron chi connectivity index (χ0n) is 25.4. The lowest BCUT2D eigenvalue weighted by Crippen LogP contribution is -2.47. The van der Waals surface area contributed by atoms with Gasteiger partial charge < -0.3 is 29.0 Å². The Labute approximate surface area is 257 Å². The topological polar surface area (TPSA) is 86.8 Å². The molecule has 2 aromatic heterocycles. The summed E-state index contributed by atoms with van der Waals surface area (Å²) in [6.07, 6.45) is 8.51. The number of fused-ring (bicyclic) bond motifs is 1. The Morgan fingerprint density at radius 1 is 1.02 bits per heavy atom. The minimum Gasteiger partial charge on any atom is -0.448 e. The fourth-order valence-electron chi connectivity index (χ4n) is 6.55. The summed E-state index contributed by atoms with van der Waals surface area (Å²) in [7, 11) is 0. The average molecular weight is 593 g/mol. The largest absolute Gasteiger partial charge is 0.448 e. The number of anilines is 3. The minimum atomic E-state index is -0.332. The summed E-state index contributed by atoms with van der Waals surface area (Å²) in [6.45, 7) is 12.2. The number of rotatable bonds is 9. The molecule has 0 radical (unpaired) electrons. The lowest BCUT2D eigenvalue weighted by atomic mass is 10.1. The van der Waals surface area contributed by atoms with E-state index < -0.39 is 0 Å². The zero-order valence-corrected chi connectivity index (χ0v) is 25.4. The fraction of sp³-hybridized carbons (Fsp3) is 0.400. The second-order valence-electron chi connectivity index (χ2n) is 12.3. The maximum absolute atomic E-state index is 13.7. The van der Waals surface area contributed by atoms with Crippen molar-refractivity contribution in [2.45, 2.75) is 51.5 Å². The first-order chi connectivity index (χ1) is 21.4. The second-order valence-corrected chi connectivity index (χ2v) is 12.3. The molecule has 0 bridgehead atoms. The van der Waals surface area contributed by atoms with Crippen molar-refractivity contribution in [1.29, 1.82) is 0 Å². The van der Waals surface area contributed by atoms with Gasteiger partial charge in [-0.2, -0.15) is 0 Å². The molecule has 0 unspecified atom stereocenters. The Bertz CT molecular complexity index is 1760. The number of oxazole rings is 1. The number of nitrogens with one attached hydrogen (secondary N) is 1. The van der Waals surface area contributed by atoms with E-state index in [1.807, 2.05) is 24.4 Å². The van der Waals surface area contributed by atoms with Gasteiger partial charge in [-0.3, -0.25) is 9.59 Å². The standard InChI is InChI=1S/C35H40N6O3/c1-24-7-3-4-9-31(24)39-17-19-40(20-18-39)32-21-27-12-16-41(15-6-14-38-13-5-8-25(38)2)35(43)28(27)22-29(32)36-33(42)30-23-44-34(37-30)26-10-11-26/h3-4,7,9,12,16,21-23,26H,2,5-6,8,10-11,13-15,17-20H2,1H3,(H,36,42). The molecular weight excluding hydrogens is 552 g/mol. The van der Waals surface area contributed by atoms with Crippen LogP contribution >= 0.6 is 0 Å². The molecule has 228 valence electrons. The van der Waals surface area contributed by atoms with Gasteiger partial charge in [-0.15, -0.1) is 0 Å². The van der Waals surface area contributed by atoms with Gasteiger partial charge in [0, 0.05) is 74.7 Å². The van der Waals surface area contributed by atoms with Gasteiger partial charge in [0.25, 0.3) is 11.5 Å². The molecule has 1 N–H and O–H groups in total. The van der Waals surface area contributed by atoms with Crippen LogP contribution in [0.3, 0.4) is 0 Å². The van der Waals surface area contributed by atoms with Crippen molar-refractivity contribution in [3.8, 4) is 0 Å². The Morgan fingerprint density at radius 3 is 2.52 bits per heavy atom. The van der Waals surface area contributed by atoms with Crippen molar-refractivity contribution >= 4 is 33.7 Å². The van der Waals surface area contributed by atoms with Crippen molar-refractivity contribution in [1.82, 2.24) is 14.5 Å². The molecule has 2 aliphatic heterocycles. The number of aromatic nitrogens is 2. The third-order valence-corrected chi connectivity index (χ3v) is 9.27. The van der Waals surface area contributed by atoms with Gasteiger partial charge >= 0.3 is 0 Å². The highest BCUT2D eigenvalue weighted by Crippen LogP contribution is 2.39. The molecule has 0 atom stereocenters. The summed E-state index contributed by atoms with van der Waals surface area (Å²) in [4.78, 5) is 38.6. The predicted octanol–water partition coefficient (Wildman–Crippen LogP) is 5.75. The van der Waals surface area contributed by atoms with E-state index in [1.54, 1.807) is 4.57 Å². The minimum absolute atomic E-state index is 0.0494. The molecule has 2 aromatic carbocycles. The summed E-state index contributed by atoms with van der Waals surface area (Å²) >= 11 is 0. The highest BCUT2D eigenvalue weighted by atomic mass is 16.3. The van der Waals surface area contributed by atoms with Crippen LogP contribution in [0.4, 0.5) is 17.1 Å². The third kappa shape index (κ3) is 5.70. The second kappa shape index (κ2) is 11.9. The fourth-order valence-corrected chi connectivity index (χ4v) is 6.55. The lowest BCUT2D eigenvalue weighted by Gasteiger charge is -2.38. The van der Waals surface area contributed by atoms with Crippen LogP contribution in [0.15, 0.2) is 76.4 Å². The van der Waals surface area contributed by atoms with E-state index in [9.17, 15) is 9.59 Å². The van der Waals surface area contributed by atoms with Gasteiger partial charge in [-0.25, -0.2) is 4.98 Å². The first kappa shape index (κ1) is 28.3. The number of hydrogen-bond donors (Lipinski definition) is 1. The molecule has 9 heteroatoms. The van der Waals surface area contributed by atoms with E-state index in [4.69, 9.17) is 4.42 Å². The molecule has 1 saturated carbocycles. The summed E-state index contributed by atoms with van der Waals surface area (Å²) in [5, 5.41) is 4.55.